The molecule has 0 radical (unpaired) electrons. The van der Waals surface area contributed by atoms with Crippen molar-refractivity contribution in [2.24, 2.45) is 0 Å². The summed E-state index contributed by atoms with van der Waals surface area (Å²) in [5, 5.41) is 10.3. The molecule has 9 heteroatoms. The van der Waals surface area contributed by atoms with Gasteiger partial charge in [-0.25, -0.2) is 9.89 Å². The predicted molar refractivity (Wildman–Crippen MR) is 72.6 cm³/mol. The van der Waals surface area contributed by atoms with Crippen LogP contribution in [-0.4, -0.2) is 38.1 Å². The van der Waals surface area contributed by atoms with Crippen LogP contribution in [0.4, 0.5) is 11.6 Å². The molecule has 0 atom stereocenters. The number of piperidine rings is 1. The highest BCUT2D eigenvalue weighted by Crippen LogP contribution is 2.23. The Labute approximate surface area is 113 Å². The minimum Gasteiger partial charge on any atom is -0.382 e. The fourth-order valence-electron chi connectivity index (χ4n) is 2.45. The van der Waals surface area contributed by atoms with E-state index in [2.05, 4.69) is 20.3 Å². The van der Waals surface area contributed by atoms with E-state index in [0.717, 1.165) is 12.8 Å². The molecule has 1 saturated heterocycles. The number of nitrogens with two attached hydrogens (primary N) is 1. The quantitative estimate of drug-likeness (QED) is 0.651. The summed E-state index contributed by atoms with van der Waals surface area (Å²) in [5.41, 5.74) is 4.55. The zero-order valence-electron chi connectivity index (χ0n) is 10.7. The summed E-state index contributed by atoms with van der Waals surface area (Å²) < 4.78 is 1.86. The predicted octanol–water partition coefficient (Wildman–Crippen LogP) is -0.922. The monoisotopic (exact) mass is 277 g/mol. The van der Waals surface area contributed by atoms with Crippen molar-refractivity contribution in [3.8, 4) is 0 Å². The average Bonchev–Trinajstić information content (AvgIpc) is 2.86. The number of hydrogen-bond donors (Lipinski definition) is 3. The first kappa shape index (κ1) is 12.5. The molecule has 1 aliphatic heterocycles. The second-order valence-corrected chi connectivity index (χ2v) is 4.77. The Kier molecular flexibility index (Phi) is 3.01. The molecule has 0 amide bonds. The van der Waals surface area contributed by atoms with E-state index in [-0.39, 0.29) is 11.9 Å². The van der Waals surface area contributed by atoms with Crippen LogP contribution in [0.1, 0.15) is 18.9 Å². The lowest BCUT2D eigenvalue weighted by Gasteiger charge is -2.31. The first-order valence-corrected chi connectivity index (χ1v) is 6.38. The zero-order chi connectivity index (χ0) is 14.1. The maximum Gasteiger partial charge on any atom is 0.342 e. The van der Waals surface area contributed by atoms with Gasteiger partial charge in [-0.15, -0.1) is 5.10 Å². The molecule has 0 unspecified atom stereocenters. The number of nitrogens with zero attached hydrogens (tertiary/aromatic N) is 4. The summed E-state index contributed by atoms with van der Waals surface area (Å²) in [6, 6.07) is 2.03. The number of H-pyrrole nitrogens is 2. The molecule has 0 saturated carbocycles. The minimum atomic E-state index is -0.597. The summed E-state index contributed by atoms with van der Waals surface area (Å²) in [7, 11) is 0. The van der Waals surface area contributed by atoms with Crippen molar-refractivity contribution in [1.29, 1.82) is 0 Å². The molecule has 0 spiro atoms. The van der Waals surface area contributed by atoms with Gasteiger partial charge in [-0.1, -0.05) is 0 Å². The van der Waals surface area contributed by atoms with E-state index in [1.54, 1.807) is 6.07 Å². The first-order chi connectivity index (χ1) is 9.63. The highest BCUT2D eigenvalue weighted by Gasteiger charge is 2.23. The number of aromatic nitrogens is 5. The molecule has 9 nitrogen and oxygen atoms in total. The Morgan fingerprint density at radius 3 is 2.65 bits per heavy atom. The topological polar surface area (TPSA) is 126 Å². The number of nitrogens with one attached hydrogen (secondary N) is 2. The SMILES string of the molecule is Nc1ccn(C2CCN(c3n[nH]c(=O)[nH]c3=O)CC2)n1. The Balaban J connectivity index is 1.72. The molecule has 0 aliphatic carbocycles. The smallest absolute Gasteiger partial charge is 0.342 e. The van der Waals surface area contributed by atoms with Gasteiger partial charge in [-0.05, 0) is 18.9 Å². The van der Waals surface area contributed by atoms with Crippen LogP contribution in [0.15, 0.2) is 21.9 Å². The van der Waals surface area contributed by atoms with Gasteiger partial charge < -0.3 is 10.6 Å². The van der Waals surface area contributed by atoms with Crippen LogP contribution in [0, 0.1) is 0 Å². The van der Waals surface area contributed by atoms with E-state index >= 15 is 0 Å². The van der Waals surface area contributed by atoms with Gasteiger partial charge in [0.25, 0.3) is 5.56 Å². The first-order valence-electron chi connectivity index (χ1n) is 6.38. The summed E-state index contributed by atoms with van der Waals surface area (Å²) in [5.74, 6) is 0.759. The standard InChI is InChI=1S/C11H15N7O2/c12-8-3-6-18(16-8)7-1-4-17(5-2-7)9-10(19)13-11(20)15-14-9/h3,6-7H,1-2,4-5H2,(H2,12,16)(H2,13,15,19,20). The van der Waals surface area contributed by atoms with Gasteiger partial charge in [0.15, 0.2) is 0 Å². The third-order valence-corrected chi connectivity index (χ3v) is 3.46. The van der Waals surface area contributed by atoms with Gasteiger partial charge in [0.2, 0.25) is 5.82 Å². The van der Waals surface area contributed by atoms with Crippen molar-refractivity contribution >= 4 is 11.6 Å². The minimum absolute atomic E-state index is 0.253. The fraction of sp³-hybridized carbons (Fsp3) is 0.455. The number of anilines is 2. The molecule has 2 aromatic rings. The van der Waals surface area contributed by atoms with E-state index in [4.69, 9.17) is 5.73 Å². The second-order valence-electron chi connectivity index (χ2n) is 4.77. The molecule has 1 fully saturated rings. The van der Waals surface area contributed by atoms with Crippen molar-refractivity contribution < 1.29 is 0 Å². The van der Waals surface area contributed by atoms with Gasteiger partial charge >= 0.3 is 5.69 Å². The van der Waals surface area contributed by atoms with Crippen LogP contribution in [0.3, 0.4) is 0 Å². The van der Waals surface area contributed by atoms with E-state index in [9.17, 15) is 9.59 Å². The molecule has 3 heterocycles. The van der Waals surface area contributed by atoms with Gasteiger partial charge in [0.05, 0.1) is 6.04 Å². The lowest BCUT2D eigenvalue weighted by molar-refractivity contribution is 0.366. The molecular formula is C11H15N7O2. The Bertz CT molecular complexity index is 708. The largest absolute Gasteiger partial charge is 0.382 e. The Morgan fingerprint density at radius 1 is 1.30 bits per heavy atom. The van der Waals surface area contributed by atoms with Gasteiger partial charge in [0.1, 0.15) is 5.82 Å². The van der Waals surface area contributed by atoms with E-state index in [1.807, 2.05) is 15.8 Å². The molecule has 2 aromatic heterocycles. The molecule has 0 aromatic carbocycles. The normalized spacial score (nSPS) is 16.5. The number of nitrogen functional groups attached to an aromatic ring is 1. The Hall–Kier alpha value is -2.58. The third-order valence-electron chi connectivity index (χ3n) is 3.46. The van der Waals surface area contributed by atoms with Crippen molar-refractivity contribution in [2.45, 2.75) is 18.9 Å². The second kappa shape index (κ2) is 4.83. The highest BCUT2D eigenvalue weighted by molar-refractivity contribution is 5.34. The summed E-state index contributed by atoms with van der Waals surface area (Å²) >= 11 is 0. The lowest BCUT2D eigenvalue weighted by atomic mass is 10.1. The van der Waals surface area contributed by atoms with Crippen molar-refractivity contribution in [3.05, 3.63) is 33.1 Å². The van der Waals surface area contributed by atoms with E-state index in [1.165, 1.54) is 0 Å². The van der Waals surface area contributed by atoms with E-state index < -0.39 is 11.2 Å². The van der Waals surface area contributed by atoms with E-state index in [0.29, 0.717) is 18.9 Å². The molecule has 106 valence electrons. The molecule has 3 rings (SSSR count). The summed E-state index contributed by atoms with van der Waals surface area (Å²) in [6.07, 6.45) is 3.53. The average molecular weight is 277 g/mol. The van der Waals surface area contributed by atoms with Crippen molar-refractivity contribution in [1.82, 2.24) is 25.0 Å². The Morgan fingerprint density at radius 2 is 2.05 bits per heavy atom. The molecule has 1 aliphatic rings. The van der Waals surface area contributed by atoms with Crippen molar-refractivity contribution in [2.75, 3.05) is 23.7 Å². The van der Waals surface area contributed by atoms with Crippen LogP contribution in [-0.2, 0) is 0 Å². The number of aromatic amines is 2. The maximum absolute atomic E-state index is 11.7. The van der Waals surface area contributed by atoms with Crippen LogP contribution >= 0.6 is 0 Å². The highest BCUT2D eigenvalue weighted by atomic mass is 16.2. The molecule has 4 N–H and O–H groups in total. The summed E-state index contributed by atoms with van der Waals surface area (Å²) in [4.78, 5) is 26.7. The number of rotatable bonds is 2. The molecule has 0 bridgehead atoms. The van der Waals surface area contributed by atoms with Crippen molar-refractivity contribution in [3.63, 3.8) is 0 Å². The van der Waals surface area contributed by atoms with Gasteiger partial charge in [0, 0.05) is 19.3 Å². The van der Waals surface area contributed by atoms with Crippen LogP contribution < -0.4 is 21.9 Å². The van der Waals surface area contributed by atoms with Gasteiger partial charge in [-0.3, -0.25) is 14.5 Å². The number of hydrogen-bond acceptors (Lipinski definition) is 6. The van der Waals surface area contributed by atoms with Crippen LogP contribution in [0.25, 0.3) is 0 Å². The van der Waals surface area contributed by atoms with Crippen LogP contribution in [0.2, 0.25) is 0 Å². The lowest BCUT2D eigenvalue weighted by Crippen LogP contribution is -2.40. The zero-order valence-corrected chi connectivity index (χ0v) is 10.7. The third kappa shape index (κ3) is 2.29. The van der Waals surface area contributed by atoms with Gasteiger partial charge in [-0.2, -0.15) is 5.10 Å². The maximum atomic E-state index is 11.7. The molecular weight excluding hydrogens is 262 g/mol. The fourth-order valence-corrected chi connectivity index (χ4v) is 2.45. The summed E-state index contributed by atoms with van der Waals surface area (Å²) in [6.45, 7) is 1.35. The molecule has 20 heavy (non-hydrogen) atoms. The van der Waals surface area contributed by atoms with Crippen LogP contribution in [0.5, 0.6) is 0 Å².